The summed E-state index contributed by atoms with van der Waals surface area (Å²) < 4.78 is 7.03. The minimum Gasteiger partial charge on any atom is -0.492 e. The van der Waals surface area contributed by atoms with Crippen LogP contribution >= 0.6 is 0 Å². The van der Waals surface area contributed by atoms with E-state index >= 15 is 0 Å². The Morgan fingerprint density at radius 1 is 1.14 bits per heavy atom. The SMILES string of the molecule is CCc1cccc(OCCn2nnc3ccccc3c2=O)c1. The summed E-state index contributed by atoms with van der Waals surface area (Å²) in [5.41, 5.74) is 1.69. The van der Waals surface area contributed by atoms with Gasteiger partial charge in [-0.15, -0.1) is 5.10 Å². The lowest BCUT2D eigenvalue weighted by atomic mass is 10.2. The van der Waals surface area contributed by atoms with Crippen LogP contribution in [0.25, 0.3) is 10.9 Å². The molecule has 22 heavy (non-hydrogen) atoms. The molecule has 0 fully saturated rings. The first-order valence-corrected chi connectivity index (χ1v) is 7.32. The van der Waals surface area contributed by atoms with E-state index in [-0.39, 0.29) is 5.56 Å². The van der Waals surface area contributed by atoms with Gasteiger partial charge in [0.15, 0.2) is 0 Å². The van der Waals surface area contributed by atoms with Crippen LogP contribution in [0.3, 0.4) is 0 Å². The third-order valence-electron chi connectivity index (χ3n) is 3.51. The molecule has 1 aromatic heterocycles. The molecule has 5 nitrogen and oxygen atoms in total. The van der Waals surface area contributed by atoms with Gasteiger partial charge >= 0.3 is 0 Å². The average Bonchev–Trinajstić information content (AvgIpc) is 2.57. The Balaban J connectivity index is 1.71. The van der Waals surface area contributed by atoms with Gasteiger partial charge in [0.05, 0.1) is 11.9 Å². The highest BCUT2D eigenvalue weighted by Gasteiger charge is 2.05. The standard InChI is InChI=1S/C17H17N3O2/c1-2-13-6-5-7-14(12-13)22-11-10-20-17(21)15-8-3-4-9-16(15)18-19-20/h3-9,12H,2,10-11H2,1H3. The number of hydrogen-bond acceptors (Lipinski definition) is 4. The molecule has 112 valence electrons. The Labute approximate surface area is 128 Å². The van der Waals surface area contributed by atoms with Crippen molar-refractivity contribution in [3.05, 3.63) is 64.4 Å². The Morgan fingerprint density at radius 3 is 2.86 bits per heavy atom. The van der Waals surface area contributed by atoms with E-state index in [2.05, 4.69) is 23.3 Å². The largest absolute Gasteiger partial charge is 0.492 e. The van der Waals surface area contributed by atoms with E-state index in [0.717, 1.165) is 12.2 Å². The van der Waals surface area contributed by atoms with Gasteiger partial charge in [-0.05, 0) is 36.2 Å². The van der Waals surface area contributed by atoms with E-state index in [1.165, 1.54) is 10.2 Å². The summed E-state index contributed by atoms with van der Waals surface area (Å²) in [6, 6.07) is 15.1. The molecule has 5 heteroatoms. The highest BCUT2D eigenvalue weighted by atomic mass is 16.5. The Hall–Kier alpha value is -2.69. The molecule has 3 rings (SSSR count). The van der Waals surface area contributed by atoms with Crippen molar-refractivity contribution in [3.63, 3.8) is 0 Å². The molecular weight excluding hydrogens is 278 g/mol. The lowest BCUT2D eigenvalue weighted by Crippen LogP contribution is -2.26. The van der Waals surface area contributed by atoms with Crippen molar-refractivity contribution in [1.29, 1.82) is 0 Å². The van der Waals surface area contributed by atoms with Crippen molar-refractivity contribution in [2.75, 3.05) is 6.61 Å². The van der Waals surface area contributed by atoms with Gasteiger partial charge in [0.2, 0.25) is 0 Å². The normalized spacial score (nSPS) is 10.8. The molecule has 0 saturated carbocycles. The number of hydrogen-bond donors (Lipinski definition) is 0. The van der Waals surface area contributed by atoms with Crippen molar-refractivity contribution >= 4 is 10.9 Å². The van der Waals surface area contributed by atoms with Crippen LogP contribution in [0.15, 0.2) is 53.3 Å². The molecule has 1 heterocycles. The number of benzene rings is 2. The minimum absolute atomic E-state index is 0.142. The molecule has 3 aromatic rings. The number of ether oxygens (including phenoxy) is 1. The first-order valence-electron chi connectivity index (χ1n) is 7.32. The lowest BCUT2D eigenvalue weighted by molar-refractivity contribution is 0.285. The summed E-state index contributed by atoms with van der Waals surface area (Å²) in [6.45, 7) is 2.84. The highest BCUT2D eigenvalue weighted by Crippen LogP contribution is 2.13. The van der Waals surface area contributed by atoms with E-state index in [1.807, 2.05) is 30.3 Å². The molecule has 0 atom stereocenters. The van der Waals surface area contributed by atoms with Crippen LogP contribution in [0.5, 0.6) is 5.75 Å². The van der Waals surface area contributed by atoms with Crippen LogP contribution in [-0.2, 0) is 13.0 Å². The quantitative estimate of drug-likeness (QED) is 0.725. The predicted molar refractivity (Wildman–Crippen MR) is 85.1 cm³/mol. The maximum Gasteiger partial charge on any atom is 0.277 e. The van der Waals surface area contributed by atoms with E-state index in [4.69, 9.17) is 4.74 Å². The number of rotatable bonds is 5. The van der Waals surface area contributed by atoms with Gasteiger partial charge in [-0.1, -0.05) is 36.4 Å². The van der Waals surface area contributed by atoms with Gasteiger partial charge in [-0.3, -0.25) is 4.79 Å². The fraction of sp³-hybridized carbons (Fsp3) is 0.235. The molecular formula is C17H17N3O2. The van der Waals surface area contributed by atoms with Crippen molar-refractivity contribution in [1.82, 2.24) is 15.0 Å². The van der Waals surface area contributed by atoms with Crippen LogP contribution in [0.1, 0.15) is 12.5 Å². The second-order valence-electron chi connectivity index (χ2n) is 4.98. The highest BCUT2D eigenvalue weighted by molar-refractivity contribution is 5.76. The molecule has 0 aliphatic rings. The fourth-order valence-electron chi connectivity index (χ4n) is 2.27. The van der Waals surface area contributed by atoms with Gasteiger partial charge in [0.25, 0.3) is 5.56 Å². The molecule has 0 saturated heterocycles. The molecule has 0 aliphatic carbocycles. The molecule has 0 spiro atoms. The van der Waals surface area contributed by atoms with Gasteiger partial charge in [0.1, 0.15) is 17.9 Å². The number of aromatic nitrogens is 3. The minimum atomic E-state index is -0.142. The van der Waals surface area contributed by atoms with Gasteiger partial charge in [-0.2, -0.15) is 0 Å². The maximum atomic E-state index is 12.3. The van der Waals surface area contributed by atoms with Crippen LogP contribution < -0.4 is 10.3 Å². The average molecular weight is 295 g/mol. The number of fused-ring (bicyclic) bond motifs is 1. The summed E-state index contributed by atoms with van der Waals surface area (Å²) >= 11 is 0. The predicted octanol–water partition coefficient (Wildman–Crippen LogP) is 2.43. The molecule has 0 aliphatic heterocycles. The Kier molecular flexibility index (Phi) is 4.14. The summed E-state index contributed by atoms with van der Waals surface area (Å²) in [7, 11) is 0. The Morgan fingerprint density at radius 2 is 2.00 bits per heavy atom. The summed E-state index contributed by atoms with van der Waals surface area (Å²) in [5.74, 6) is 0.807. The van der Waals surface area contributed by atoms with Crippen molar-refractivity contribution < 1.29 is 4.74 Å². The van der Waals surface area contributed by atoms with Crippen LogP contribution in [0.4, 0.5) is 0 Å². The topological polar surface area (TPSA) is 57.0 Å². The number of aryl methyl sites for hydroxylation is 1. The molecule has 2 aromatic carbocycles. The van der Waals surface area contributed by atoms with E-state index < -0.39 is 0 Å². The third-order valence-corrected chi connectivity index (χ3v) is 3.51. The first kappa shape index (κ1) is 14.3. The van der Waals surface area contributed by atoms with Crippen molar-refractivity contribution in [2.24, 2.45) is 0 Å². The molecule has 0 unspecified atom stereocenters. The molecule has 0 radical (unpaired) electrons. The summed E-state index contributed by atoms with van der Waals surface area (Å²) in [4.78, 5) is 12.3. The van der Waals surface area contributed by atoms with Crippen LogP contribution in [-0.4, -0.2) is 21.6 Å². The van der Waals surface area contributed by atoms with E-state index in [0.29, 0.717) is 24.1 Å². The second kappa shape index (κ2) is 6.39. The maximum absolute atomic E-state index is 12.3. The first-order chi connectivity index (χ1) is 10.8. The van der Waals surface area contributed by atoms with Gasteiger partial charge < -0.3 is 4.74 Å². The summed E-state index contributed by atoms with van der Waals surface area (Å²) in [5, 5.41) is 8.57. The van der Waals surface area contributed by atoms with E-state index in [9.17, 15) is 4.79 Å². The Bertz CT molecular complexity index is 842. The third kappa shape index (κ3) is 2.98. The molecule has 0 N–H and O–H groups in total. The smallest absolute Gasteiger partial charge is 0.277 e. The zero-order valence-electron chi connectivity index (χ0n) is 12.4. The zero-order chi connectivity index (χ0) is 15.4. The van der Waals surface area contributed by atoms with Crippen molar-refractivity contribution in [2.45, 2.75) is 19.9 Å². The van der Waals surface area contributed by atoms with Gasteiger partial charge in [0, 0.05) is 0 Å². The van der Waals surface area contributed by atoms with E-state index in [1.54, 1.807) is 12.1 Å². The second-order valence-corrected chi connectivity index (χ2v) is 4.98. The fourth-order valence-corrected chi connectivity index (χ4v) is 2.27. The number of nitrogens with zero attached hydrogens (tertiary/aromatic N) is 3. The van der Waals surface area contributed by atoms with Crippen molar-refractivity contribution in [3.8, 4) is 5.75 Å². The summed E-state index contributed by atoms with van der Waals surface area (Å²) in [6.07, 6.45) is 0.965. The zero-order valence-corrected chi connectivity index (χ0v) is 12.4. The lowest BCUT2D eigenvalue weighted by Gasteiger charge is -2.08. The van der Waals surface area contributed by atoms with Gasteiger partial charge in [-0.25, -0.2) is 4.68 Å². The monoisotopic (exact) mass is 295 g/mol. The molecule has 0 bridgehead atoms. The van der Waals surface area contributed by atoms with Crippen LogP contribution in [0, 0.1) is 0 Å². The van der Waals surface area contributed by atoms with Crippen LogP contribution in [0.2, 0.25) is 0 Å². The molecule has 0 amide bonds.